The normalized spacial score (nSPS) is 11.2. The quantitative estimate of drug-likeness (QED) is 0.624. The van der Waals surface area contributed by atoms with Crippen molar-refractivity contribution in [2.24, 2.45) is 0 Å². The zero-order valence-corrected chi connectivity index (χ0v) is 13.6. The highest BCUT2D eigenvalue weighted by molar-refractivity contribution is 9.10. The molecule has 0 saturated heterocycles. The van der Waals surface area contributed by atoms with Crippen LogP contribution in [0.15, 0.2) is 46.9 Å². The molecule has 1 heterocycles. The largest absolute Gasteiger partial charge is 0.353 e. The molecule has 3 heteroatoms. The number of H-pyrrole nitrogens is 1. The summed E-state index contributed by atoms with van der Waals surface area (Å²) in [7, 11) is 0. The van der Waals surface area contributed by atoms with Crippen molar-refractivity contribution >= 4 is 33.1 Å². The third kappa shape index (κ3) is 2.42. The Morgan fingerprint density at radius 1 is 1.10 bits per heavy atom. The molecule has 0 aliphatic heterocycles. The molecule has 0 aliphatic rings. The minimum absolute atomic E-state index is 0.501. The minimum Gasteiger partial charge on any atom is -0.353 e. The van der Waals surface area contributed by atoms with Gasteiger partial charge in [-0.15, -0.1) is 0 Å². The molecule has 106 valence electrons. The summed E-state index contributed by atoms with van der Waals surface area (Å²) in [5, 5.41) is 0.947. The number of benzene rings is 2. The summed E-state index contributed by atoms with van der Waals surface area (Å²) >= 11 is 3.53. The van der Waals surface area contributed by atoms with Crippen molar-refractivity contribution in [2.75, 3.05) is 0 Å². The highest BCUT2D eigenvalue weighted by Gasteiger charge is 2.14. The number of rotatable bonds is 3. The number of halogens is 1. The fourth-order valence-electron chi connectivity index (χ4n) is 2.59. The molecule has 0 unspecified atom stereocenters. The van der Waals surface area contributed by atoms with Gasteiger partial charge in [0.15, 0.2) is 6.29 Å². The summed E-state index contributed by atoms with van der Waals surface area (Å²) in [6.07, 6.45) is 0.928. The van der Waals surface area contributed by atoms with E-state index < -0.39 is 0 Å². The minimum atomic E-state index is 0.501. The molecule has 0 bridgehead atoms. The smallest absolute Gasteiger partial charge is 0.152 e. The SMILES string of the molecule is CC(C)c1ccc(-c2[nH]c3c(Br)cccc3c2C=O)cc1. The summed E-state index contributed by atoms with van der Waals surface area (Å²) in [5.41, 5.74) is 4.88. The van der Waals surface area contributed by atoms with Gasteiger partial charge < -0.3 is 4.98 Å². The van der Waals surface area contributed by atoms with Crippen LogP contribution < -0.4 is 0 Å². The second-order valence-corrected chi connectivity index (χ2v) is 6.32. The van der Waals surface area contributed by atoms with Gasteiger partial charge in [0, 0.05) is 15.4 Å². The number of hydrogen-bond donors (Lipinski definition) is 1. The predicted octanol–water partition coefficient (Wildman–Crippen LogP) is 5.53. The number of aromatic nitrogens is 1. The number of carbonyl (C=O) groups is 1. The molecule has 21 heavy (non-hydrogen) atoms. The van der Waals surface area contributed by atoms with Crippen molar-refractivity contribution in [2.45, 2.75) is 19.8 Å². The van der Waals surface area contributed by atoms with Gasteiger partial charge in [0.25, 0.3) is 0 Å². The van der Waals surface area contributed by atoms with E-state index >= 15 is 0 Å². The lowest BCUT2D eigenvalue weighted by Gasteiger charge is -2.06. The maximum absolute atomic E-state index is 11.5. The van der Waals surface area contributed by atoms with E-state index in [1.54, 1.807) is 0 Å². The highest BCUT2D eigenvalue weighted by Crippen LogP contribution is 2.33. The maximum Gasteiger partial charge on any atom is 0.152 e. The lowest BCUT2D eigenvalue weighted by atomic mass is 9.99. The molecular formula is C18H16BrNO. The van der Waals surface area contributed by atoms with Crippen molar-refractivity contribution in [1.82, 2.24) is 4.98 Å². The first kappa shape index (κ1) is 14.1. The lowest BCUT2D eigenvalue weighted by Crippen LogP contribution is -1.88. The first-order valence-corrected chi connectivity index (χ1v) is 7.77. The average molecular weight is 342 g/mol. The van der Waals surface area contributed by atoms with Crippen molar-refractivity contribution in [1.29, 1.82) is 0 Å². The Labute approximate surface area is 132 Å². The molecule has 0 amide bonds. The summed E-state index contributed by atoms with van der Waals surface area (Å²) in [4.78, 5) is 14.9. The van der Waals surface area contributed by atoms with E-state index in [0.29, 0.717) is 11.5 Å². The predicted molar refractivity (Wildman–Crippen MR) is 90.9 cm³/mol. The van der Waals surface area contributed by atoms with Crippen LogP contribution >= 0.6 is 15.9 Å². The van der Waals surface area contributed by atoms with Crippen molar-refractivity contribution < 1.29 is 4.79 Å². The van der Waals surface area contributed by atoms with Gasteiger partial charge in [-0.25, -0.2) is 0 Å². The molecule has 0 spiro atoms. The van der Waals surface area contributed by atoms with Gasteiger partial charge in [0.1, 0.15) is 0 Å². The van der Waals surface area contributed by atoms with Gasteiger partial charge >= 0.3 is 0 Å². The Bertz CT molecular complexity index is 800. The van der Waals surface area contributed by atoms with E-state index in [2.05, 4.69) is 59.0 Å². The first-order valence-electron chi connectivity index (χ1n) is 6.97. The molecule has 0 fully saturated rings. The number of fused-ring (bicyclic) bond motifs is 1. The van der Waals surface area contributed by atoms with Crippen LogP contribution in [-0.2, 0) is 0 Å². The molecule has 0 aliphatic carbocycles. The summed E-state index contributed by atoms with van der Waals surface area (Å²) in [6.45, 7) is 4.35. The van der Waals surface area contributed by atoms with Gasteiger partial charge in [-0.05, 0) is 39.0 Å². The summed E-state index contributed by atoms with van der Waals surface area (Å²) in [6, 6.07) is 14.3. The van der Waals surface area contributed by atoms with Crippen LogP contribution in [0.2, 0.25) is 0 Å². The van der Waals surface area contributed by atoms with Crippen LogP contribution in [0.3, 0.4) is 0 Å². The molecule has 1 N–H and O–H groups in total. The van der Waals surface area contributed by atoms with Crippen LogP contribution in [0.5, 0.6) is 0 Å². The van der Waals surface area contributed by atoms with E-state index in [0.717, 1.165) is 32.9 Å². The second-order valence-electron chi connectivity index (χ2n) is 5.47. The standard InChI is InChI=1S/C18H16BrNO/c1-11(2)12-6-8-13(9-7-12)17-15(10-21)14-4-3-5-16(19)18(14)20-17/h3-11,20H,1-2H3. The van der Waals surface area contributed by atoms with Crippen molar-refractivity contribution in [3.05, 3.63) is 58.1 Å². The van der Waals surface area contributed by atoms with Crippen molar-refractivity contribution in [3.63, 3.8) is 0 Å². The van der Waals surface area contributed by atoms with Crippen LogP contribution in [0, 0.1) is 0 Å². The summed E-state index contributed by atoms with van der Waals surface area (Å²) < 4.78 is 0.966. The van der Waals surface area contributed by atoms with Gasteiger partial charge in [-0.3, -0.25) is 4.79 Å². The van der Waals surface area contributed by atoms with Crippen LogP contribution in [-0.4, -0.2) is 11.3 Å². The Kier molecular flexibility index (Phi) is 3.68. The average Bonchev–Trinajstić information content (AvgIpc) is 2.87. The zero-order chi connectivity index (χ0) is 15.0. The fraction of sp³-hybridized carbons (Fsp3) is 0.167. The Morgan fingerprint density at radius 2 is 1.81 bits per heavy atom. The van der Waals surface area contributed by atoms with E-state index in [9.17, 15) is 4.79 Å². The molecule has 3 rings (SSSR count). The van der Waals surface area contributed by atoms with E-state index in [4.69, 9.17) is 0 Å². The van der Waals surface area contributed by atoms with Gasteiger partial charge in [0.05, 0.1) is 11.2 Å². The molecule has 0 atom stereocenters. The molecule has 2 nitrogen and oxygen atoms in total. The molecule has 3 aromatic rings. The van der Waals surface area contributed by atoms with Crippen LogP contribution in [0.25, 0.3) is 22.2 Å². The third-order valence-electron chi connectivity index (χ3n) is 3.81. The molecular weight excluding hydrogens is 326 g/mol. The number of hydrogen-bond acceptors (Lipinski definition) is 1. The van der Waals surface area contributed by atoms with E-state index in [1.165, 1.54) is 5.56 Å². The number of carbonyl (C=O) groups excluding carboxylic acids is 1. The fourth-order valence-corrected chi connectivity index (χ4v) is 3.05. The first-order chi connectivity index (χ1) is 10.1. The molecule has 0 radical (unpaired) electrons. The highest BCUT2D eigenvalue weighted by atomic mass is 79.9. The number of aldehydes is 1. The number of nitrogens with one attached hydrogen (secondary N) is 1. The topological polar surface area (TPSA) is 32.9 Å². The monoisotopic (exact) mass is 341 g/mol. The van der Waals surface area contributed by atoms with Crippen LogP contribution in [0.1, 0.15) is 35.7 Å². The Balaban J connectivity index is 2.20. The van der Waals surface area contributed by atoms with Gasteiger partial charge in [-0.1, -0.05) is 50.2 Å². The van der Waals surface area contributed by atoms with Crippen LogP contribution in [0.4, 0.5) is 0 Å². The van der Waals surface area contributed by atoms with E-state index in [1.807, 2.05) is 18.2 Å². The number of aromatic amines is 1. The lowest BCUT2D eigenvalue weighted by molar-refractivity contribution is 0.112. The van der Waals surface area contributed by atoms with Gasteiger partial charge in [-0.2, -0.15) is 0 Å². The second kappa shape index (κ2) is 5.49. The molecule has 2 aromatic carbocycles. The maximum atomic E-state index is 11.5. The number of para-hydroxylation sites is 1. The Hall–Kier alpha value is -1.87. The molecule has 0 saturated carbocycles. The molecule has 1 aromatic heterocycles. The summed E-state index contributed by atoms with van der Waals surface area (Å²) in [5.74, 6) is 0.501. The van der Waals surface area contributed by atoms with E-state index in [-0.39, 0.29) is 0 Å². The van der Waals surface area contributed by atoms with Crippen molar-refractivity contribution in [3.8, 4) is 11.3 Å². The zero-order valence-electron chi connectivity index (χ0n) is 12.0. The Morgan fingerprint density at radius 3 is 2.43 bits per heavy atom. The van der Waals surface area contributed by atoms with Gasteiger partial charge in [0.2, 0.25) is 0 Å². The third-order valence-corrected chi connectivity index (χ3v) is 4.47.